The standard InChI is InChI=1S/C23H35NO6S/c1-19(25)7-5-15-29-17-18-31(27,28)22-12-10-21(11-13-22)30-16-6-14-24-23(26)20-8-3-2-4-9-20/h10-13,20H,2-9,14-18H2,1H3,(H,24,26). The third-order valence-electron chi connectivity index (χ3n) is 5.36. The highest BCUT2D eigenvalue weighted by Crippen LogP contribution is 2.23. The van der Waals surface area contributed by atoms with Crippen molar-refractivity contribution in [1.29, 1.82) is 0 Å². The zero-order valence-corrected chi connectivity index (χ0v) is 19.3. The van der Waals surface area contributed by atoms with Gasteiger partial charge in [0.2, 0.25) is 5.91 Å². The second-order valence-corrected chi connectivity index (χ2v) is 10.1. The van der Waals surface area contributed by atoms with E-state index in [-0.39, 0.29) is 34.9 Å². The van der Waals surface area contributed by atoms with E-state index in [9.17, 15) is 18.0 Å². The quantitative estimate of drug-likeness (QED) is 0.434. The van der Waals surface area contributed by atoms with Gasteiger partial charge in [-0.3, -0.25) is 4.79 Å². The lowest BCUT2D eigenvalue weighted by atomic mass is 9.89. The number of amides is 1. The number of hydrogen-bond acceptors (Lipinski definition) is 6. The van der Waals surface area contributed by atoms with Gasteiger partial charge >= 0.3 is 0 Å². The van der Waals surface area contributed by atoms with Crippen LogP contribution in [0.25, 0.3) is 0 Å². The Morgan fingerprint density at radius 2 is 1.71 bits per heavy atom. The fourth-order valence-corrected chi connectivity index (χ4v) is 4.66. The van der Waals surface area contributed by atoms with E-state index in [0.29, 0.717) is 44.8 Å². The summed E-state index contributed by atoms with van der Waals surface area (Å²) < 4.78 is 35.7. The lowest BCUT2D eigenvalue weighted by Crippen LogP contribution is -2.33. The summed E-state index contributed by atoms with van der Waals surface area (Å²) in [5.74, 6) is 0.904. The normalized spacial score (nSPS) is 14.9. The first-order chi connectivity index (χ1) is 14.9. The van der Waals surface area contributed by atoms with Gasteiger partial charge in [0.25, 0.3) is 0 Å². The van der Waals surface area contributed by atoms with Gasteiger partial charge in [-0.2, -0.15) is 0 Å². The fourth-order valence-electron chi connectivity index (χ4n) is 3.54. The van der Waals surface area contributed by atoms with Crippen LogP contribution in [0.5, 0.6) is 5.75 Å². The lowest BCUT2D eigenvalue weighted by molar-refractivity contribution is -0.126. The second-order valence-electron chi connectivity index (χ2n) is 8.04. The van der Waals surface area contributed by atoms with Crippen molar-refractivity contribution in [3.05, 3.63) is 24.3 Å². The first-order valence-corrected chi connectivity index (χ1v) is 12.8. The van der Waals surface area contributed by atoms with E-state index in [2.05, 4.69) is 5.32 Å². The second kappa shape index (κ2) is 13.5. The number of ether oxygens (including phenoxy) is 2. The van der Waals surface area contributed by atoms with Gasteiger partial charge in [0.15, 0.2) is 9.84 Å². The fraction of sp³-hybridized carbons (Fsp3) is 0.652. The number of hydrogen-bond donors (Lipinski definition) is 1. The maximum atomic E-state index is 12.4. The Morgan fingerprint density at radius 1 is 1.00 bits per heavy atom. The highest BCUT2D eigenvalue weighted by molar-refractivity contribution is 7.91. The van der Waals surface area contributed by atoms with Crippen molar-refractivity contribution in [3.63, 3.8) is 0 Å². The number of benzene rings is 1. The minimum Gasteiger partial charge on any atom is -0.494 e. The molecule has 0 atom stereocenters. The number of ketones is 1. The molecule has 0 aliphatic heterocycles. The predicted octanol–water partition coefficient (Wildman–Crippen LogP) is 3.31. The molecule has 1 N–H and O–H groups in total. The van der Waals surface area contributed by atoms with Crippen LogP contribution in [0.15, 0.2) is 29.2 Å². The number of Topliss-reactive ketones (excluding diaryl/α,β-unsaturated/α-hetero) is 1. The van der Waals surface area contributed by atoms with Crippen molar-refractivity contribution >= 4 is 21.5 Å². The van der Waals surface area contributed by atoms with E-state index in [4.69, 9.17) is 9.47 Å². The zero-order valence-electron chi connectivity index (χ0n) is 18.4. The van der Waals surface area contributed by atoms with Gasteiger partial charge in [-0.25, -0.2) is 8.42 Å². The summed E-state index contributed by atoms with van der Waals surface area (Å²) in [7, 11) is -3.43. The van der Waals surface area contributed by atoms with Crippen LogP contribution >= 0.6 is 0 Å². The molecule has 1 aliphatic rings. The summed E-state index contributed by atoms with van der Waals surface area (Å²) in [6, 6.07) is 6.35. The molecule has 1 amide bonds. The highest BCUT2D eigenvalue weighted by Gasteiger charge is 2.20. The smallest absolute Gasteiger partial charge is 0.223 e. The van der Waals surface area contributed by atoms with Crippen LogP contribution in [0.4, 0.5) is 0 Å². The third kappa shape index (κ3) is 9.82. The number of sulfone groups is 1. The lowest BCUT2D eigenvalue weighted by Gasteiger charge is -2.20. The minimum atomic E-state index is -3.43. The molecule has 1 aliphatic carbocycles. The van der Waals surface area contributed by atoms with Crippen LogP contribution in [0.3, 0.4) is 0 Å². The molecule has 0 radical (unpaired) electrons. The van der Waals surface area contributed by atoms with Crippen molar-refractivity contribution in [3.8, 4) is 5.75 Å². The first-order valence-electron chi connectivity index (χ1n) is 11.2. The van der Waals surface area contributed by atoms with Gasteiger partial charge in [0.1, 0.15) is 11.5 Å². The SMILES string of the molecule is CC(=O)CCCOCCS(=O)(=O)c1ccc(OCCCNC(=O)C2CCCCC2)cc1. The van der Waals surface area contributed by atoms with Gasteiger partial charge in [-0.1, -0.05) is 19.3 Å². The molecule has 1 fully saturated rings. The zero-order chi connectivity index (χ0) is 22.5. The molecule has 2 rings (SSSR count). The van der Waals surface area contributed by atoms with E-state index in [0.717, 1.165) is 25.7 Å². The third-order valence-corrected chi connectivity index (χ3v) is 7.06. The average molecular weight is 454 g/mol. The molecule has 0 bridgehead atoms. The van der Waals surface area contributed by atoms with Crippen molar-refractivity contribution in [2.45, 2.75) is 63.2 Å². The van der Waals surface area contributed by atoms with E-state index in [1.54, 1.807) is 12.1 Å². The summed E-state index contributed by atoms with van der Waals surface area (Å²) in [6.07, 6.45) is 7.23. The molecule has 0 aromatic heterocycles. The van der Waals surface area contributed by atoms with E-state index in [1.807, 2.05) is 0 Å². The Bertz CT molecular complexity index is 785. The average Bonchev–Trinajstić information content (AvgIpc) is 2.76. The van der Waals surface area contributed by atoms with Crippen LogP contribution in [0.2, 0.25) is 0 Å². The molecule has 0 spiro atoms. The molecular formula is C23H35NO6S. The molecule has 1 saturated carbocycles. The Hall–Kier alpha value is -1.93. The van der Waals surface area contributed by atoms with Crippen molar-refractivity contribution in [2.75, 3.05) is 32.1 Å². The molecule has 0 heterocycles. The van der Waals surface area contributed by atoms with Crippen molar-refractivity contribution in [1.82, 2.24) is 5.32 Å². The van der Waals surface area contributed by atoms with Gasteiger partial charge < -0.3 is 19.6 Å². The summed E-state index contributed by atoms with van der Waals surface area (Å²) in [5.41, 5.74) is 0. The van der Waals surface area contributed by atoms with Gasteiger partial charge in [0, 0.05) is 25.5 Å². The van der Waals surface area contributed by atoms with E-state index < -0.39 is 9.84 Å². The largest absolute Gasteiger partial charge is 0.494 e. The molecule has 8 heteroatoms. The number of nitrogens with one attached hydrogen (secondary N) is 1. The summed E-state index contributed by atoms with van der Waals surface area (Å²) >= 11 is 0. The monoisotopic (exact) mass is 453 g/mol. The van der Waals surface area contributed by atoms with E-state index in [1.165, 1.54) is 25.5 Å². The Kier molecular flexibility index (Phi) is 11.0. The Morgan fingerprint density at radius 3 is 2.39 bits per heavy atom. The topological polar surface area (TPSA) is 98.8 Å². The number of carbonyl (C=O) groups excluding carboxylic acids is 2. The molecule has 31 heavy (non-hydrogen) atoms. The van der Waals surface area contributed by atoms with Crippen LogP contribution < -0.4 is 10.1 Å². The van der Waals surface area contributed by atoms with Crippen LogP contribution in [-0.2, 0) is 24.2 Å². The molecule has 174 valence electrons. The maximum absolute atomic E-state index is 12.4. The summed E-state index contributed by atoms with van der Waals surface area (Å²) in [5, 5.41) is 2.98. The van der Waals surface area contributed by atoms with Gasteiger partial charge in [-0.05, 0) is 56.9 Å². The minimum absolute atomic E-state index is 0.0997. The molecular weight excluding hydrogens is 418 g/mol. The molecule has 0 unspecified atom stereocenters. The molecule has 7 nitrogen and oxygen atoms in total. The highest BCUT2D eigenvalue weighted by atomic mass is 32.2. The van der Waals surface area contributed by atoms with Crippen LogP contribution in [0.1, 0.15) is 58.3 Å². The Balaban J connectivity index is 1.62. The Labute approximate surface area is 185 Å². The molecule has 1 aromatic rings. The number of rotatable bonds is 14. The first kappa shape index (κ1) is 25.3. The predicted molar refractivity (Wildman–Crippen MR) is 119 cm³/mol. The maximum Gasteiger partial charge on any atom is 0.223 e. The summed E-state index contributed by atoms with van der Waals surface area (Å²) in [6.45, 7) is 3.03. The van der Waals surface area contributed by atoms with E-state index >= 15 is 0 Å². The van der Waals surface area contributed by atoms with Crippen molar-refractivity contribution < 1.29 is 27.5 Å². The van der Waals surface area contributed by atoms with Crippen molar-refractivity contribution in [2.24, 2.45) is 5.92 Å². The van der Waals surface area contributed by atoms with Crippen LogP contribution in [-0.4, -0.2) is 52.2 Å². The number of carbonyl (C=O) groups is 2. The molecule has 1 aromatic carbocycles. The van der Waals surface area contributed by atoms with Gasteiger partial charge in [-0.15, -0.1) is 0 Å². The summed E-state index contributed by atoms with van der Waals surface area (Å²) in [4.78, 5) is 23.2. The molecule has 0 saturated heterocycles. The van der Waals surface area contributed by atoms with Gasteiger partial charge in [0.05, 0.1) is 23.9 Å². The van der Waals surface area contributed by atoms with Crippen LogP contribution in [0, 0.1) is 5.92 Å².